The van der Waals surface area contributed by atoms with Gasteiger partial charge in [0.05, 0.1) is 5.92 Å². The minimum atomic E-state index is -3.90. The highest BCUT2D eigenvalue weighted by Gasteiger charge is 2.34. The van der Waals surface area contributed by atoms with Gasteiger partial charge in [-0.05, 0) is 43.5 Å². The van der Waals surface area contributed by atoms with E-state index in [1.54, 1.807) is 12.1 Å². The fourth-order valence-corrected chi connectivity index (χ4v) is 4.52. The zero-order valence-electron chi connectivity index (χ0n) is 14.4. The Morgan fingerprint density at radius 1 is 1.08 bits per heavy atom. The van der Waals surface area contributed by atoms with Crippen molar-refractivity contribution in [1.29, 1.82) is 0 Å². The first-order chi connectivity index (χ1) is 12.4. The molecule has 0 spiro atoms. The quantitative estimate of drug-likeness (QED) is 0.607. The number of carbonyl (C=O) groups is 1. The maximum absolute atomic E-state index is 13.8. The molecule has 26 heavy (non-hydrogen) atoms. The van der Waals surface area contributed by atoms with Gasteiger partial charge in [0.15, 0.2) is 0 Å². The standard InChI is InChI=1S/C19H20FNO4S/c1-14-6-2-4-8-17(14)25-19(22)15-10-12-21(13-11-15)26(23,24)18-9-5-3-7-16(18)20/h2-9,15H,10-13H2,1H3. The number of esters is 1. The smallest absolute Gasteiger partial charge is 0.314 e. The van der Waals surface area contributed by atoms with Crippen molar-refractivity contribution in [1.82, 2.24) is 4.31 Å². The van der Waals surface area contributed by atoms with Crippen molar-refractivity contribution in [2.75, 3.05) is 13.1 Å². The molecule has 0 N–H and O–H groups in total. The van der Waals surface area contributed by atoms with E-state index in [1.807, 2.05) is 19.1 Å². The summed E-state index contributed by atoms with van der Waals surface area (Å²) in [5, 5.41) is 0. The topological polar surface area (TPSA) is 63.7 Å². The molecule has 3 rings (SSSR count). The largest absolute Gasteiger partial charge is 0.426 e. The van der Waals surface area contributed by atoms with Crippen molar-refractivity contribution in [2.24, 2.45) is 5.92 Å². The summed E-state index contributed by atoms with van der Waals surface area (Å²) in [6.07, 6.45) is 0.691. The van der Waals surface area contributed by atoms with Crippen LogP contribution in [-0.2, 0) is 14.8 Å². The van der Waals surface area contributed by atoms with E-state index >= 15 is 0 Å². The molecule has 1 saturated heterocycles. The van der Waals surface area contributed by atoms with Crippen LogP contribution in [0.2, 0.25) is 0 Å². The Morgan fingerprint density at radius 2 is 1.69 bits per heavy atom. The first-order valence-corrected chi connectivity index (χ1v) is 9.85. The summed E-state index contributed by atoms with van der Waals surface area (Å²) in [7, 11) is -3.90. The minimum absolute atomic E-state index is 0.157. The number of sulfonamides is 1. The van der Waals surface area contributed by atoms with Gasteiger partial charge in [0.25, 0.3) is 0 Å². The number of para-hydroxylation sites is 1. The van der Waals surface area contributed by atoms with Gasteiger partial charge in [-0.1, -0.05) is 30.3 Å². The molecule has 2 aromatic rings. The second kappa shape index (κ2) is 7.55. The van der Waals surface area contributed by atoms with Crippen molar-refractivity contribution >= 4 is 16.0 Å². The van der Waals surface area contributed by atoms with Gasteiger partial charge in [-0.15, -0.1) is 0 Å². The van der Waals surface area contributed by atoms with E-state index in [9.17, 15) is 17.6 Å². The van der Waals surface area contributed by atoms with Gasteiger partial charge >= 0.3 is 5.97 Å². The second-order valence-electron chi connectivity index (χ2n) is 6.30. The molecule has 1 heterocycles. The summed E-state index contributed by atoms with van der Waals surface area (Å²) < 4.78 is 45.7. The highest BCUT2D eigenvalue weighted by atomic mass is 32.2. The number of halogens is 1. The lowest BCUT2D eigenvalue weighted by atomic mass is 9.98. The number of rotatable bonds is 4. The molecule has 5 nitrogen and oxygen atoms in total. The van der Waals surface area contributed by atoms with Crippen molar-refractivity contribution in [2.45, 2.75) is 24.7 Å². The number of carbonyl (C=O) groups excluding carboxylic acids is 1. The van der Waals surface area contributed by atoms with Gasteiger partial charge in [0, 0.05) is 13.1 Å². The summed E-state index contributed by atoms with van der Waals surface area (Å²) in [5.41, 5.74) is 0.861. The van der Waals surface area contributed by atoms with Crippen LogP contribution in [0.3, 0.4) is 0 Å². The van der Waals surface area contributed by atoms with E-state index in [4.69, 9.17) is 4.74 Å². The summed E-state index contributed by atoms with van der Waals surface area (Å²) in [4.78, 5) is 12.0. The predicted octanol–water partition coefficient (Wildman–Crippen LogP) is 3.14. The molecule has 7 heteroatoms. The number of aryl methyl sites for hydroxylation is 1. The lowest BCUT2D eigenvalue weighted by molar-refractivity contribution is -0.140. The maximum atomic E-state index is 13.8. The highest BCUT2D eigenvalue weighted by molar-refractivity contribution is 7.89. The highest BCUT2D eigenvalue weighted by Crippen LogP contribution is 2.27. The van der Waals surface area contributed by atoms with Crippen LogP contribution in [0.1, 0.15) is 18.4 Å². The van der Waals surface area contributed by atoms with Crippen molar-refractivity contribution < 1.29 is 22.3 Å². The van der Waals surface area contributed by atoms with Crippen LogP contribution in [-0.4, -0.2) is 31.8 Å². The molecule has 0 bridgehead atoms. The first-order valence-electron chi connectivity index (χ1n) is 8.41. The molecule has 1 fully saturated rings. The zero-order chi connectivity index (χ0) is 18.7. The molecular weight excluding hydrogens is 357 g/mol. The van der Waals surface area contributed by atoms with Crippen LogP contribution in [0, 0.1) is 18.7 Å². The third kappa shape index (κ3) is 3.78. The van der Waals surface area contributed by atoms with E-state index in [2.05, 4.69) is 0 Å². The third-order valence-corrected chi connectivity index (χ3v) is 6.48. The molecule has 138 valence electrons. The average molecular weight is 377 g/mol. The van der Waals surface area contributed by atoms with Crippen LogP contribution in [0.4, 0.5) is 4.39 Å². The number of nitrogens with zero attached hydrogens (tertiary/aromatic N) is 1. The summed E-state index contributed by atoms with van der Waals surface area (Å²) in [6, 6.07) is 12.5. The van der Waals surface area contributed by atoms with Gasteiger partial charge in [-0.3, -0.25) is 4.79 Å². The van der Waals surface area contributed by atoms with E-state index in [0.29, 0.717) is 18.6 Å². The second-order valence-corrected chi connectivity index (χ2v) is 8.20. The maximum Gasteiger partial charge on any atom is 0.314 e. The van der Waals surface area contributed by atoms with Gasteiger partial charge < -0.3 is 4.74 Å². The molecule has 0 aromatic heterocycles. The molecule has 0 saturated carbocycles. The molecule has 0 amide bonds. The first kappa shape index (κ1) is 18.5. The normalized spacial score (nSPS) is 16.4. The van der Waals surface area contributed by atoms with Gasteiger partial charge in [0.2, 0.25) is 10.0 Å². The molecular formula is C19H20FNO4S. The number of benzene rings is 2. The molecule has 0 unspecified atom stereocenters. The number of piperidine rings is 1. The van der Waals surface area contributed by atoms with Crippen LogP contribution in [0.5, 0.6) is 5.75 Å². The van der Waals surface area contributed by atoms with Crippen LogP contribution >= 0.6 is 0 Å². The predicted molar refractivity (Wildman–Crippen MR) is 94.7 cm³/mol. The lowest BCUT2D eigenvalue weighted by Gasteiger charge is -2.30. The Balaban J connectivity index is 1.65. The van der Waals surface area contributed by atoms with Crippen LogP contribution in [0.15, 0.2) is 53.4 Å². The number of ether oxygens (including phenoxy) is 1. The number of hydrogen-bond acceptors (Lipinski definition) is 4. The SMILES string of the molecule is Cc1ccccc1OC(=O)C1CCN(S(=O)(=O)c2ccccc2F)CC1. The summed E-state index contributed by atoms with van der Waals surface area (Å²) in [5.74, 6) is -0.989. The average Bonchev–Trinajstić information content (AvgIpc) is 2.64. The van der Waals surface area contributed by atoms with Crippen molar-refractivity contribution in [3.05, 3.63) is 59.9 Å². The summed E-state index contributed by atoms with van der Waals surface area (Å²) >= 11 is 0. The van der Waals surface area contributed by atoms with E-state index in [1.165, 1.54) is 22.5 Å². The Labute approximate surface area is 152 Å². The molecule has 2 aromatic carbocycles. The fourth-order valence-electron chi connectivity index (χ4n) is 2.99. The zero-order valence-corrected chi connectivity index (χ0v) is 15.2. The molecule has 1 aliphatic heterocycles. The van der Waals surface area contributed by atoms with E-state index in [-0.39, 0.29) is 29.9 Å². The third-order valence-electron chi connectivity index (χ3n) is 4.55. The van der Waals surface area contributed by atoms with Crippen molar-refractivity contribution in [3.63, 3.8) is 0 Å². The Kier molecular flexibility index (Phi) is 5.38. The Hall–Kier alpha value is -2.25. The van der Waals surface area contributed by atoms with Gasteiger partial charge in [-0.2, -0.15) is 4.31 Å². The fraction of sp³-hybridized carbons (Fsp3) is 0.316. The van der Waals surface area contributed by atoms with E-state index in [0.717, 1.165) is 11.6 Å². The van der Waals surface area contributed by atoms with Gasteiger partial charge in [0.1, 0.15) is 16.5 Å². The Bertz CT molecular complexity index is 905. The molecule has 0 aliphatic carbocycles. The lowest BCUT2D eigenvalue weighted by Crippen LogP contribution is -2.41. The molecule has 0 atom stereocenters. The monoisotopic (exact) mass is 377 g/mol. The Morgan fingerprint density at radius 3 is 2.35 bits per heavy atom. The summed E-state index contributed by atoms with van der Waals surface area (Å²) in [6.45, 7) is 2.17. The minimum Gasteiger partial charge on any atom is -0.426 e. The molecule has 0 radical (unpaired) electrons. The van der Waals surface area contributed by atoms with Crippen LogP contribution in [0.25, 0.3) is 0 Å². The van der Waals surface area contributed by atoms with Gasteiger partial charge in [-0.25, -0.2) is 12.8 Å². The van der Waals surface area contributed by atoms with Crippen LogP contribution < -0.4 is 4.74 Å². The van der Waals surface area contributed by atoms with Crippen molar-refractivity contribution in [3.8, 4) is 5.75 Å². The number of hydrogen-bond donors (Lipinski definition) is 0. The van der Waals surface area contributed by atoms with E-state index < -0.39 is 15.8 Å². The molecule has 1 aliphatic rings.